The van der Waals surface area contributed by atoms with E-state index >= 15 is 0 Å². The number of hydrogen-bond acceptors (Lipinski definition) is 5. The SMILES string of the molecule is Cc1cc(-n2cc(F)cn2)c2cccc(OCc3c(Cl)cc(F)cc3[C@H](C)NC(=O)[C@@](C)(O)C(F)(F)F)c2n1. The fourth-order valence-electron chi connectivity index (χ4n) is 3.92. The number of aromatic nitrogens is 3. The first-order valence-corrected chi connectivity index (χ1v) is 11.9. The maximum atomic E-state index is 14.2. The third-order valence-electron chi connectivity index (χ3n) is 6.08. The van der Waals surface area contributed by atoms with Gasteiger partial charge in [-0.25, -0.2) is 18.4 Å². The number of alkyl halides is 3. The van der Waals surface area contributed by atoms with Gasteiger partial charge in [-0.15, -0.1) is 0 Å². The zero-order valence-electron chi connectivity index (χ0n) is 20.8. The Hall–Kier alpha value is -3.77. The van der Waals surface area contributed by atoms with Crippen molar-refractivity contribution in [2.75, 3.05) is 0 Å². The molecule has 0 radical (unpaired) electrons. The maximum Gasteiger partial charge on any atom is 0.426 e. The Kier molecular flexibility index (Phi) is 7.55. The number of benzene rings is 2. The quantitative estimate of drug-likeness (QED) is 0.278. The molecule has 7 nitrogen and oxygen atoms in total. The number of fused-ring (bicyclic) bond motifs is 1. The van der Waals surface area contributed by atoms with Gasteiger partial charge in [0.15, 0.2) is 5.82 Å². The van der Waals surface area contributed by atoms with Gasteiger partial charge in [0.05, 0.1) is 29.1 Å². The summed E-state index contributed by atoms with van der Waals surface area (Å²) in [6.45, 7) is 3.09. The molecule has 4 aromatic rings. The Balaban J connectivity index is 1.67. The van der Waals surface area contributed by atoms with E-state index in [1.54, 1.807) is 31.2 Å². The van der Waals surface area contributed by atoms with E-state index in [2.05, 4.69) is 15.4 Å². The molecule has 0 aliphatic rings. The number of nitrogens with one attached hydrogen (secondary N) is 1. The minimum atomic E-state index is -5.23. The fourth-order valence-corrected chi connectivity index (χ4v) is 4.19. The molecule has 2 atom stereocenters. The molecule has 0 unspecified atom stereocenters. The van der Waals surface area contributed by atoms with E-state index in [0.717, 1.165) is 18.3 Å². The second-order valence-electron chi connectivity index (χ2n) is 9.05. The van der Waals surface area contributed by atoms with E-state index < -0.39 is 35.4 Å². The van der Waals surface area contributed by atoms with Crippen LogP contribution >= 0.6 is 11.6 Å². The van der Waals surface area contributed by atoms with Gasteiger partial charge in [0.2, 0.25) is 5.60 Å². The smallest absolute Gasteiger partial charge is 0.426 e. The lowest BCUT2D eigenvalue weighted by molar-refractivity contribution is -0.245. The predicted molar refractivity (Wildman–Crippen MR) is 133 cm³/mol. The van der Waals surface area contributed by atoms with Crippen molar-refractivity contribution in [1.29, 1.82) is 0 Å². The van der Waals surface area contributed by atoms with Crippen LogP contribution in [0.5, 0.6) is 5.75 Å². The molecule has 0 saturated carbocycles. The van der Waals surface area contributed by atoms with E-state index in [0.29, 0.717) is 29.2 Å². The highest BCUT2D eigenvalue weighted by Gasteiger charge is 2.56. The van der Waals surface area contributed by atoms with Crippen LogP contribution in [0.4, 0.5) is 22.0 Å². The van der Waals surface area contributed by atoms with Crippen LogP contribution in [-0.4, -0.2) is 37.6 Å². The first kappa shape index (κ1) is 28.2. The van der Waals surface area contributed by atoms with E-state index in [-0.39, 0.29) is 28.5 Å². The van der Waals surface area contributed by atoms with Crippen LogP contribution in [0.25, 0.3) is 16.6 Å². The van der Waals surface area contributed by atoms with Crippen molar-refractivity contribution in [3.8, 4) is 11.4 Å². The number of carbonyl (C=O) groups excluding carboxylic acids is 1. The maximum absolute atomic E-state index is 14.2. The lowest BCUT2D eigenvalue weighted by Crippen LogP contribution is -2.55. The van der Waals surface area contributed by atoms with Gasteiger partial charge in [-0.05, 0) is 50.6 Å². The molecule has 2 heterocycles. The van der Waals surface area contributed by atoms with E-state index in [4.69, 9.17) is 16.3 Å². The van der Waals surface area contributed by atoms with Crippen LogP contribution < -0.4 is 10.1 Å². The number of hydrogen-bond donors (Lipinski definition) is 2. The molecule has 206 valence electrons. The summed E-state index contributed by atoms with van der Waals surface area (Å²) in [6, 6.07) is 7.57. The Bertz CT molecular complexity index is 1550. The Morgan fingerprint density at radius 1 is 1.21 bits per heavy atom. The van der Waals surface area contributed by atoms with Gasteiger partial charge in [-0.3, -0.25) is 4.79 Å². The summed E-state index contributed by atoms with van der Waals surface area (Å²) in [5.74, 6) is -2.75. The number of nitrogens with zero attached hydrogens (tertiary/aromatic N) is 3. The van der Waals surface area contributed by atoms with Crippen LogP contribution in [0.15, 0.2) is 48.8 Å². The van der Waals surface area contributed by atoms with Crippen LogP contribution in [-0.2, 0) is 11.4 Å². The zero-order chi connectivity index (χ0) is 28.7. The van der Waals surface area contributed by atoms with Gasteiger partial charge in [-0.1, -0.05) is 23.7 Å². The van der Waals surface area contributed by atoms with Gasteiger partial charge in [-0.2, -0.15) is 18.3 Å². The molecule has 39 heavy (non-hydrogen) atoms. The number of ether oxygens (including phenoxy) is 1. The number of carbonyl (C=O) groups is 1. The van der Waals surface area contributed by atoms with Crippen LogP contribution in [0.3, 0.4) is 0 Å². The summed E-state index contributed by atoms with van der Waals surface area (Å²) in [7, 11) is 0. The molecule has 0 aliphatic carbocycles. The van der Waals surface area contributed by atoms with E-state index in [1.165, 1.54) is 17.8 Å². The summed E-state index contributed by atoms with van der Waals surface area (Å²) in [5.41, 5.74) is -1.90. The van der Waals surface area contributed by atoms with Gasteiger partial charge in [0.25, 0.3) is 5.91 Å². The average molecular weight is 569 g/mol. The van der Waals surface area contributed by atoms with Crippen LogP contribution in [0.2, 0.25) is 5.02 Å². The van der Waals surface area contributed by atoms with Gasteiger partial charge < -0.3 is 15.2 Å². The summed E-state index contributed by atoms with van der Waals surface area (Å²) >= 11 is 6.27. The van der Waals surface area contributed by atoms with Crippen molar-refractivity contribution in [2.45, 2.75) is 45.2 Å². The normalized spacial score (nSPS) is 14.2. The van der Waals surface area contributed by atoms with E-state index in [9.17, 15) is 31.9 Å². The molecular formula is C26H22ClF5N4O3. The highest BCUT2D eigenvalue weighted by Crippen LogP contribution is 2.34. The van der Waals surface area contributed by atoms with Crippen molar-refractivity contribution < 1.29 is 36.6 Å². The summed E-state index contributed by atoms with van der Waals surface area (Å²) in [5, 5.41) is 16.2. The highest BCUT2D eigenvalue weighted by molar-refractivity contribution is 6.31. The average Bonchev–Trinajstić information content (AvgIpc) is 3.27. The van der Waals surface area contributed by atoms with Crippen molar-refractivity contribution in [1.82, 2.24) is 20.1 Å². The third-order valence-corrected chi connectivity index (χ3v) is 6.42. The molecule has 13 heteroatoms. The van der Waals surface area contributed by atoms with Gasteiger partial charge in [0, 0.05) is 16.6 Å². The molecule has 1 amide bonds. The predicted octanol–water partition coefficient (Wildman–Crippen LogP) is 5.73. The lowest BCUT2D eigenvalue weighted by atomic mass is 9.99. The monoisotopic (exact) mass is 568 g/mol. The first-order valence-electron chi connectivity index (χ1n) is 11.5. The molecule has 0 aliphatic heterocycles. The molecule has 0 saturated heterocycles. The van der Waals surface area contributed by atoms with Crippen molar-refractivity contribution in [3.63, 3.8) is 0 Å². The minimum Gasteiger partial charge on any atom is -0.487 e. The van der Waals surface area contributed by atoms with E-state index in [1.807, 2.05) is 0 Å². The van der Waals surface area contributed by atoms with Crippen LogP contribution in [0, 0.1) is 18.6 Å². The molecule has 4 rings (SSSR count). The number of rotatable bonds is 7. The molecule has 2 aromatic heterocycles. The number of halogens is 6. The Labute approximate surface area is 224 Å². The lowest BCUT2D eigenvalue weighted by Gasteiger charge is -2.27. The highest BCUT2D eigenvalue weighted by atomic mass is 35.5. The number of para-hydroxylation sites is 1. The minimum absolute atomic E-state index is 0.0448. The molecular weight excluding hydrogens is 547 g/mol. The number of aliphatic hydroxyl groups is 1. The topological polar surface area (TPSA) is 89.3 Å². The Morgan fingerprint density at radius 2 is 1.92 bits per heavy atom. The van der Waals surface area contributed by atoms with Gasteiger partial charge >= 0.3 is 6.18 Å². The molecule has 0 spiro atoms. The standard InChI is InChI=1S/C26H22ClF5N4O3/c1-13-7-21(36-11-16(29)10-33-36)17-5-4-6-22(23(17)34-13)39-12-19-18(8-15(28)9-20(19)27)14(2)35-24(37)25(3,38)26(30,31)32/h4-11,14,38H,12H2,1-3H3,(H,35,37)/t14-,25+/m0/s1. The molecule has 2 N–H and O–H groups in total. The summed E-state index contributed by atoms with van der Waals surface area (Å²) in [4.78, 5) is 16.7. The first-order chi connectivity index (χ1) is 18.2. The second-order valence-corrected chi connectivity index (χ2v) is 9.45. The van der Waals surface area contributed by atoms with Crippen molar-refractivity contribution >= 4 is 28.4 Å². The second kappa shape index (κ2) is 10.4. The number of pyridine rings is 1. The van der Waals surface area contributed by atoms with Crippen molar-refractivity contribution in [2.24, 2.45) is 0 Å². The molecule has 0 fully saturated rings. The number of aryl methyl sites for hydroxylation is 1. The summed E-state index contributed by atoms with van der Waals surface area (Å²) < 4.78 is 74.5. The Morgan fingerprint density at radius 3 is 2.56 bits per heavy atom. The van der Waals surface area contributed by atoms with Crippen LogP contribution in [0.1, 0.15) is 36.7 Å². The molecule has 2 aromatic carbocycles. The summed E-state index contributed by atoms with van der Waals surface area (Å²) in [6.07, 6.45) is -2.96. The third kappa shape index (κ3) is 5.66. The zero-order valence-corrected chi connectivity index (χ0v) is 21.5. The largest absolute Gasteiger partial charge is 0.487 e. The fraction of sp³-hybridized carbons (Fsp3) is 0.269. The number of amides is 1. The molecule has 0 bridgehead atoms. The van der Waals surface area contributed by atoms with Crippen molar-refractivity contribution in [3.05, 3.63) is 82.3 Å². The van der Waals surface area contributed by atoms with Gasteiger partial charge in [0.1, 0.15) is 23.7 Å².